The van der Waals surface area contributed by atoms with E-state index in [-0.39, 0.29) is 5.69 Å². The third kappa shape index (κ3) is 3.60. The molecule has 142 valence electrons. The van der Waals surface area contributed by atoms with Crippen molar-refractivity contribution in [3.8, 4) is 0 Å². The number of carbonyl (C=O) groups is 1. The van der Waals surface area contributed by atoms with Crippen molar-refractivity contribution in [2.75, 3.05) is 12.4 Å². The zero-order valence-corrected chi connectivity index (χ0v) is 16.6. The van der Waals surface area contributed by atoms with Crippen molar-refractivity contribution in [3.05, 3.63) is 67.7 Å². The Morgan fingerprint density at radius 3 is 2.78 bits per heavy atom. The molecule has 0 bridgehead atoms. The highest BCUT2D eigenvalue weighted by Gasteiger charge is 2.36. The summed E-state index contributed by atoms with van der Waals surface area (Å²) in [6.45, 7) is 6.12. The number of hydrogen-bond acceptors (Lipinski definition) is 6. The summed E-state index contributed by atoms with van der Waals surface area (Å²) in [6, 6.07) is 6.50. The van der Waals surface area contributed by atoms with Gasteiger partial charge >= 0.3 is 5.97 Å². The predicted octanol–water partition coefficient (Wildman–Crippen LogP) is 4.86. The number of thiophene rings is 1. The van der Waals surface area contributed by atoms with E-state index in [4.69, 9.17) is 4.74 Å². The fourth-order valence-corrected chi connectivity index (χ4v) is 4.62. The fourth-order valence-electron chi connectivity index (χ4n) is 3.54. The van der Waals surface area contributed by atoms with E-state index in [2.05, 4.69) is 24.5 Å². The van der Waals surface area contributed by atoms with Crippen LogP contribution in [0.1, 0.15) is 43.4 Å². The van der Waals surface area contributed by atoms with Crippen LogP contribution in [0.15, 0.2) is 40.9 Å². The number of nitro groups is 1. The van der Waals surface area contributed by atoms with E-state index in [1.54, 1.807) is 23.5 Å². The van der Waals surface area contributed by atoms with Gasteiger partial charge in [-0.2, -0.15) is 0 Å². The number of rotatable bonds is 5. The maximum Gasteiger partial charge on any atom is 0.336 e. The minimum Gasteiger partial charge on any atom is -0.466 e. The van der Waals surface area contributed by atoms with E-state index < -0.39 is 16.8 Å². The molecule has 0 saturated carbocycles. The number of hydrogen-bond donors (Lipinski definition) is 1. The molecule has 7 heteroatoms. The molecule has 0 fully saturated rings. The van der Waals surface area contributed by atoms with Gasteiger partial charge in [-0.15, -0.1) is 11.3 Å². The maximum absolute atomic E-state index is 12.6. The quantitative estimate of drug-likeness (QED) is 0.451. The molecule has 1 aliphatic heterocycles. The molecule has 1 N–H and O–H groups in total. The zero-order valence-electron chi connectivity index (χ0n) is 15.7. The second kappa shape index (κ2) is 7.52. The molecule has 0 saturated heterocycles. The van der Waals surface area contributed by atoms with Crippen LogP contribution in [0.5, 0.6) is 0 Å². The number of nitrogens with one attached hydrogen (secondary N) is 1. The first-order chi connectivity index (χ1) is 12.8. The van der Waals surface area contributed by atoms with E-state index in [0.29, 0.717) is 17.2 Å². The van der Waals surface area contributed by atoms with Crippen molar-refractivity contribution in [2.45, 2.75) is 33.1 Å². The van der Waals surface area contributed by atoms with Gasteiger partial charge in [0.25, 0.3) is 5.69 Å². The van der Waals surface area contributed by atoms with Gasteiger partial charge in [-0.1, -0.05) is 26.0 Å². The number of fused-ring (bicyclic) bond motifs is 1. The van der Waals surface area contributed by atoms with E-state index in [1.165, 1.54) is 13.2 Å². The van der Waals surface area contributed by atoms with Crippen LogP contribution in [0.2, 0.25) is 0 Å². The van der Waals surface area contributed by atoms with Crippen LogP contribution in [-0.4, -0.2) is 18.0 Å². The van der Waals surface area contributed by atoms with Crippen LogP contribution in [0.3, 0.4) is 0 Å². The molecule has 0 aliphatic carbocycles. The number of ether oxygens (including phenoxy) is 1. The Balaban J connectivity index is 2.23. The van der Waals surface area contributed by atoms with E-state index in [9.17, 15) is 14.9 Å². The highest BCUT2D eigenvalue weighted by molar-refractivity contribution is 7.14. The lowest BCUT2D eigenvalue weighted by atomic mass is 9.80. The molecule has 6 nitrogen and oxygen atoms in total. The Bertz CT molecular complexity index is 930. The second-order valence-corrected chi connectivity index (χ2v) is 7.92. The molecule has 3 rings (SSSR count). The Labute approximate surface area is 162 Å². The fraction of sp³-hybridized carbons (Fsp3) is 0.350. The summed E-state index contributed by atoms with van der Waals surface area (Å²) < 4.78 is 5.03. The molecule has 1 atom stereocenters. The topological polar surface area (TPSA) is 81.5 Å². The van der Waals surface area contributed by atoms with Gasteiger partial charge in [0.15, 0.2) is 0 Å². The van der Waals surface area contributed by atoms with Crippen LogP contribution in [0, 0.1) is 16.0 Å². The lowest BCUT2D eigenvalue weighted by Crippen LogP contribution is -2.24. The SMILES string of the molecule is COC(=O)C1=C(C)Nc2scc(CC(C)C)c2C1c1cccc([N+](=O)[O-])c1. The molecule has 1 aromatic heterocycles. The van der Waals surface area contributed by atoms with Gasteiger partial charge in [0.1, 0.15) is 0 Å². The Kier molecular flexibility index (Phi) is 5.32. The number of esters is 1. The average molecular weight is 386 g/mol. The third-order valence-corrected chi connectivity index (χ3v) is 5.60. The van der Waals surface area contributed by atoms with Gasteiger partial charge in [-0.05, 0) is 35.8 Å². The summed E-state index contributed by atoms with van der Waals surface area (Å²) in [6.07, 6.45) is 0.868. The first-order valence-electron chi connectivity index (χ1n) is 8.74. The number of non-ortho nitro benzene ring substituents is 1. The zero-order chi connectivity index (χ0) is 19.7. The molecular formula is C20H22N2O4S. The highest BCUT2D eigenvalue weighted by Crippen LogP contribution is 2.47. The Morgan fingerprint density at radius 1 is 1.41 bits per heavy atom. The molecule has 0 amide bonds. The number of nitrogens with zero attached hydrogens (tertiary/aromatic N) is 1. The maximum atomic E-state index is 12.6. The molecule has 1 aromatic carbocycles. The molecule has 0 radical (unpaired) electrons. The van der Waals surface area contributed by atoms with Crippen LogP contribution in [0.25, 0.3) is 0 Å². The van der Waals surface area contributed by atoms with Crippen LogP contribution >= 0.6 is 11.3 Å². The van der Waals surface area contributed by atoms with Crippen molar-refractivity contribution in [1.29, 1.82) is 0 Å². The molecule has 1 aliphatic rings. The summed E-state index contributed by atoms with van der Waals surface area (Å²) in [7, 11) is 1.35. The van der Waals surface area contributed by atoms with Gasteiger partial charge in [0.2, 0.25) is 0 Å². The number of anilines is 1. The Morgan fingerprint density at radius 2 is 2.15 bits per heavy atom. The second-order valence-electron chi connectivity index (χ2n) is 7.04. The van der Waals surface area contributed by atoms with Gasteiger partial charge in [0.05, 0.1) is 22.6 Å². The summed E-state index contributed by atoms with van der Waals surface area (Å²) in [5.41, 5.74) is 4.10. The first kappa shape index (κ1) is 19.1. The van der Waals surface area contributed by atoms with Gasteiger partial charge in [0, 0.05) is 29.3 Å². The largest absolute Gasteiger partial charge is 0.466 e. The third-order valence-electron chi connectivity index (χ3n) is 4.64. The van der Waals surface area contributed by atoms with Crippen LogP contribution < -0.4 is 5.32 Å². The minimum absolute atomic E-state index is 0.00934. The smallest absolute Gasteiger partial charge is 0.336 e. The lowest BCUT2D eigenvalue weighted by molar-refractivity contribution is -0.384. The standard InChI is InChI=1S/C20H22N2O4S/c1-11(2)8-14-10-27-19-18(14)17(16(12(3)21-19)20(23)26-4)13-6-5-7-15(9-13)22(24)25/h5-7,9-11,17,21H,8H2,1-4H3. The minimum atomic E-state index is -0.427. The van der Waals surface area contributed by atoms with Crippen LogP contribution in [0.4, 0.5) is 10.7 Å². The molecule has 2 aromatic rings. The molecule has 1 unspecified atom stereocenters. The van der Waals surface area contributed by atoms with Gasteiger partial charge < -0.3 is 10.1 Å². The number of methoxy groups -OCH3 is 1. The first-order valence-corrected chi connectivity index (χ1v) is 9.62. The lowest BCUT2D eigenvalue weighted by Gasteiger charge is -2.29. The monoisotopic (exact) mass is 386 g/mol. The van der Waals surface area contributed by atoms with Crippen LogP contribution in [-0.2, 0) is 16.0 Å². The van der Waals surface area contributed by atoms with Gasteiger partial charge in [-0.3, -0.25) is 10.1 Å². The van der Waals surface area contributed by atoms with E-state index >= 15 is 0 Å². The van der Waals surface area contributed by atoms with Crippen molar-refractivity contribution < 1.29 is 14.5 Å². The molecule has 2 heterocycles. The normalized spacial score (nSPS) is 16.1. The number of allylic oxidation sites excluding steroid dienone is 1. The van der Waals surface area contributed by atoms with Crippen molar-refractivity contribution in [3.63, 3.8) is 0 Å². The van der Waals surface area contributed by atoms with E-state index in [0.717, 1.165) is 28.1 Å². The predicted molar refractivity (Wildman–Crippen MR) is 106 cm³/mol. The summed E-state index contributed by atoms with van der Waals surface area (Å²) >= 11 is 1.60. The van der Waals surface area contributed by atoms with E-state index in [1.807, 2.05) is 13.0 Å². The number of benzene rings is 1. The summed E-state index contributed by atoms with van der Waals surface area (Å²) in [5, 5.41) is 17.7. The summed E-state index contributed by atoms with van der Waals surface area (Å²) in [5.74, 6) is -0.375. The molecular weight excluding hydrogens is 364 g/mol. The summed E-state index contributed by atoms with van der Waals surface area (Å²) in [4.78, 5) is 23.5. The highest BCUT2D eigenvalue weighted by atomic mass is 32.1. The van der Waals surface area contributed by atoms with Crippen molar-refractivity contribution >= 4 is 28.0 Å². The number of carbonyl (C=O) groups excluding carboxylic acids is 1. The number of nitro benzene ring substituents is 1. The van der Waals surface area contributed by atoms with Gasteiger partial charge in [-0.25, -0.2) is 4.79 Å². The molecule has 27 heavy (non-hydrogen) atoms. The Hall–Kier alpha value is -2.67. The molecule has 0 spiro atoms. The average Bonchev–Trinajstić information content (AvgIpc) is 3.01. The van der Waals surface area contributed by atoms with Crippen molar-refractivity contribution in [1.82, 2.24) is 0 Å². The van der Waals surface area contributed by atoms with Crippen molar-refractivity contribution in [2.24, 2.45) is 5.92 Å².